The number of rotatable bonds is 3. The van der Waals surface area contributed by atoms with E-state index in [1.54, 1.807) is 0 Å². The SMILES string of the molecule is CCC(C(=O)O)c1c(C)cc2ccccn12. The molecule has 0 aliphatic carbocycles. The predicted molar refractivity (Wildman–Crippen MR) is 62.8 cm³/mol. The van der Waals surface area contributed by atoms with Crippen molar-refractivity contribution in [3.05, 3.63) is 41.7 Å². The van der Waals surface area contributed by atoms with Crippen LogP contribution in [0.4, 0.5) is 0 Å². The third-order valence-electron chi connectivity index (χ3n) is 2.96. The van der Waals surface area contributed by atoms with Gasteiger partial charge in [-0.25, -0.2) is 0 Å². The van der Waals surface area contributed by atoms with E-state index in [1.807, 2.05) is 48.7 Å². The number of aryl methyl sites for hydroxylation is 1. The summed E-state index contributed by atoms with van der Waals surface area (Å²) >= 11 is 0. The molecule has 0 radical (unpaired) electrons. The summed E-state index contributed by atoms with van der Waals surface area (Å²) in [7, 11) is 0. The lowest BCUT2D eigenvalue weighted by atomic mass is 10.00. The number of hydrogen-bond acceptors (Lipinski definition) is 1. The summed E-state index contributed by atoms with van der Waals surface area (Å²) in [5.74, 6) is -1.18. The first kappa shape index (κ1) is 10.7. The number of nitrogens with zero attached hydrogens (tertiary/aromatic N) is 1. The third kappa shape index (κ3) is 1.58. The van der Waals surface area contributed by atoms with Crippen LogP contribution in [-0.2, 0) is 4.79 Å². The van der Waals surface area contributed by atoms with Gasteiger partial charge in [-0.2, -0.15) is 0 Å². The van der Waals surface area contributed by atoms with Gasteiger partial charge >= 0.3 is 5.97 Å². The molecule has 84 valence electrons. The molecule has 0 spiro atoms. The summed E-state index contributed by atoms with van der Waals surface area (Å²) in [5.41, 5.74) is 2.99. The highest BCUT2D eigenvalue weighted by Gasteiger charge is 2.22. The molecule has 16 heavy (non-hydrogen) atoms. The zero-order valence-corrected chi connectivity index (χ0v) is 9.47. The van der Waals surface area contributed by atoms with E-state index in [0.29, 0.717) is 6.42 Å². The average Bonchev–Trinajstić information content (AvgIpc) is 2.57. The molecule has 2 aromatic rings. The molecule has 2 aromatic heterocycles. The maximum absolute atomic E-state index is 11.2. The van der Waals surface area contributed by atoms with Crippen LogP contribution in [0.5, 0.6) is 0 Å². The molecule has 0 fully saturated rings. The largest absolute Gasteiger partial charge is 0.481 e. The van der Waals surface area contributed by atoms with Crippen LogP contribution < -0.4 is 0 Å². The van der Waals surface area contributed by atoms with Crippen molar-refractivity contribution in [2.24, 2.45) is 0 Å². The number of fused-ring (bicyclic) bond motifs is 1. The van der Waals surface area contributed by atoms with Gasteiger partial charge in [-0.3, -0.25) is 4.79 Å². The third-order valence-corrected chi connectivity index (χ3v) is 2.96. The molecule has 1 atom stereocenters. The van der Waals surface area contributed by atoms with Crippen molar-refractivity contribution >= 4 is 11.5 Å². The van der Waals surface area contributed by atoms with E-state index in [-0.39, 0.29) is 0 Å². The Balaban J connectivity index is 2.66. The minimum atomic E-state index is -0.755. The Kier molecular flexibility index (Phi) is 2.69. The van der Waals surface area contributed by atoms with Gasteiger partial charge < -0.3 is 9.51 Å². The number of hydrogen-bond donors (Lipinski definition) is 1. The van der Waals surface area contributed by atoms with Gasteiger partial charge in [-0.15, -0.1) is 0 Å². The second-order valence-electron chi connectivity index (χ2n) is 4.01. The minimum absolute atomic E-state index is 0.426. The summed E-state index contributed by atoms with van der Waals surface area (Å²) in [6, 6.07) is 7.90. The monoisotopic (exact) mass is 217 g/mol. The second-order valence-corrected chi connectivity index (χ2v) is 4.01. The Hall–Kier alpha value is -1.77. The van der Waals surface area contributed by atoms with E-state index in [0.717, 1.165) is 16.8 Å². The van der Waals surface area contributed by atoms with Crippen LogP contribution in [0.3, 0.4) is 0 Å². The maximum Gasteiger partial charge on any atom is 0.312 e. The van der Waals surface area contributed by atoms with E-state index in [9.17, 15) is 9.90 Å². The Morgan fingerprint density at radius 2 is 2.25 bits per heavy atom. The first-order chi connectivity index (χ1) is 7.65. The lowest BCUT2D eigenvalue weighted by molar-refractivity contribution is -0.139. The maximum atomic E-state index is 11.2. The first-order valence-electron chi connectivity index (χ1n) is 5.44. The predicted octanol–water partition coefficient (Wildman–Crippen LogP) is 2.83. The summed E-state index contributed by atoms with van der Waals surface area (Å²) in [4.78, 5) is 11.2. The molecule has 3 nitrogen and oxygen atoms in total. The fourth-order valence-corrected chi connectivity index (χ4v) is 2.21. The van der Waals surface area contributed by atoms with Crippen LogP contribution in [-0.4, -0.2) is 15.5 Å². The highest BCUT2D eigenvalue weighted by atomic mass is 16.4. The first-order valence-corrected chi connectivity index (χ1v) is 5.44. The lowest BCUT2D eigenvalue weighted by Crippen LogP contribution is -2.13. The van der Waals surface area contributed by atoms with Crippen molar-refractivity contribution in [2.75, 3.05) is 0 Å². The van der Waals surface area contributed by atoms with Crippen molar-refractivity contribution in [3.63, 3.8) is 0 Å². The van der Waals surface area contributed by atoms with Crippen LogP contribution in [0.15, 0.2) is 30.5 Å². The molecule has 0 aliphatic heterocycles. The van der Waals surface area contributed by atoms with Gasteiger partial charge in [0.1, 0.15) is 0 Å². The number of carbonyl (C=O) groups is 1. The average molecular weight is 217 g/mol. The molecular formula is C13H15NO2. The molecular weight excluding hydrogens is 202 g/mol. The number of carboxylic acid groups (broad SMARTS) is 1. The highest BCUT2D eigenvalue weighted by Crippen LogP contribution is 2.26. The van der Waals surface area contributed by atoms with Gasteiger partial charge in [-0.05, 0) is 37.1 Å². The summed E-state index contributed by atoms with van der Waals surface area (Å²) < 4.78 is 1.97. The number of aliphatic carboxylic acids is 1. The molecule has 0 saturated heterocycles. The zero-order valence-electron chi connectivity index (χ0n) is 9.47. The molecule has 2 rings (SSSR count). The van der Waals surface area contributed by atoms with Crippen LogP contribution in [0.25, 0.3) is 5.52 Å². The van der Waals surface area contributed by atoms with Gasteiger partial charge in [0, 0.05) is 17.4 Å². The standard InChI is InChI=1S/C13H15NO2/c1-3-11(13(15)16)12-9(2)8-10-6-4-5-7-14(10)12/h4-8,11H,3H2,1-2H3,(H,15,16). The number of aromatic nitrogens is 1. The van der Waals surface area contributed by atoms with Crippen molar-refractivity contribution in [1.82, 2.24) is 4.40 Å². The fraction of sp³-hybridized carbons (Fsp3) is 0.308. The molecule has 3 heteroatoms. The van der Waals surface area contributed by atoms with Crippen molar-refractivity contribution < 1.29 is 9.90 Å². The molecule has 0 aromatic carbocycles. The zero-order chi connectivity index (χ0) is 11.7. The van der Waals surface area contributed by atoms with Crippen LogP contribution in [0.2, 0.25) is 0 Å². The van der Waals surface area contributed by atoms with Gasteiger partial charge in [0.2, 0.25) is 0 Å². The van der Waals surface area contributed by atoms with Crippen molar-refractivity contribution in [1.29, 1.82) is 0 Å². The highest BCUT2D eigenvalue weighted by molar-refractivity contribution is 5.77. The van der Waals surface area contributed by atoms with E-state index >= 15 is 0 Å². The molecule has 0 aliphatic rings. The van der Waals surface area contributed by atoms with Gasteiger partial charge in [-0.1, -0.05) is 13.0 Å². The van der Waals surface area contributed by atoms with Crippen LogP contribution in [0, 0.1) is 6.92 Å². The van der Waals surface area contributed by atoms with Gasteiger partial charge in [0.25, 0.3) is 0 Å². The summed E-state index contributed by atoms with van der Waals surface area (Å²) in [6.07, 6.45) is 2.53. The van der Waals surface area contributed by atoms with E-state index in [1.165, 1.54) is 0 Å². The summed E-state index contributed by atoms with van der Waals surface area (Å²) in [5, 5.41) is 9.22. The Labute approximate surface area is 94.3 Å². The molecule has 0 bridgehead atoms. The molecule has 0 amide bonds. The Morgan fingerprint density at radius 1 is 1.50 bits per heavy atom. The van der Waals surface area contributed by atoms with E-state index in [4.69, 9.17) is 0 Å². The quantitative estimate of drug-likeness (QED) is 0.858. The van der Waals surface area contributed by atoms with E-state index < -0.39 is 11.9 Å². The summed E-state index contributed by atoms with van der Waals surface area (Å²) in [6.45, 7) is 3.87. The van der Waals surface area contributed by atoms with Crippen molar-refractivity contribution in [3.8, 4) is 0 Å². The second kappa shape index (κ2) is 4.00. The normalized spacial score (nSPS) is 12.9. The van der Waals surface area contributed by atoms with Crippen LogP contribution in [0.1, 0.15) is 30.5 Å². The Morgan fingerprint density at radius 3 is 2.88 bits per heavy atom. The molecule has 2 heterocycles. The Bertz CT molecular complexity index is 528. The molecule has 1 unspecified atom stereocenters. The number of pyridine rings is 1. The topological polar surface area (TPSA) is 41.7 Å². The van der Waals surface area contributed by atoms with Gasteiger partial charge in [0.15, 0.2) is 0 Å². The smallest absolute Gasteiger partial charge is 0.312 e. The lowest BCUT2D eigenvalue weighted by Gasteiger charge is -2.11. The molecule has 1 N–H and O–H groups in total. The van der Waals surface area contributed by atoms with E-state index in [2.05, 4.69) is 0 Å². The minimum Gasteiger partial charge on any atom is -0.481 e. The fourth-order valence-electron chi connectivity index (χ4n) is 2.21. The van der Waals surface area contributed by atoms with Crippen molar-refractivity contribution in [2.45, 2.75) is 26.2 Å². The molecule has 0 saturated carbocycles. The van der Waals surface area contributed by atoms with Crippen LogP contribution >= 0.6 is 0 Å². The number of carboxylic acids is 1. The van der Waals surface area contributed by atoms with Gasteiger partial charge in [0.05, 0.1) is 5.92 Å².